The van der Waals surface area contributed by atoms with E-state index >= 15 is 0 Å². The summed E-state index contributed by atoms with van der Waals surface area (Å²) >= 11 is 5.97. The van der Waals surface area contributed by atoms with E-state index < -0.39 is 15.7 Å². The summed E-state index contributed by atoms with van der Waals surface area (Å²) in [6, 6.07) is 15.2. The number of alkyl halides is 1. The molecule has 2 aromatic rings. The highest BCUT2D eigenvalue weighted by Gasteiger charge is 2.21. The third-order valence-corrected chi connectivity index (χ3v) is 4.32. The van der Waals surface area contributed by atoms with Crippen LogP contribution in [-0.4, -0.2) is 8.42 Å². The Morgan fingerprint density at radius 1 is 1.00 bits per heavy atom. The van der Waals surface area contributed by atoms with Gasteiger partial charge >= 0.3 is 0 Å². The van der Waals surface area contributed by atoms with Gasteiger partial charge in [0.05, 0.1) is 4.90 Å². The molecule has 3 nitrogen and oxygen atoms in total. The molecular formula is C14H13ClO3S. The molecule has 0 aromatic heterocycles. The second-order valence-corrected chi connectivity index (χ2v) is 6.06. The lowest BCUT2D eigenvalue weighted by Gasteiger charge is -2.11. The maximum Gasteiger partial charge on any atom is 0.298 e. The van der Waals surface area contributed by atoms with Gasteiger partial charge in [0.2, 0.25) is 0 Å². The molecule has 19 heavy (non-hydrogen) atoms. The molecule has 5 heteroatoms. The van der Waals surface area contributed by atoms with E-state index in [0.717, 1.165) is 5.56 Å². The van der Waals surface area contributed by atoms with Gasteiger partial charge in [-0.1, -0.05) is 59.6 Å². The minimum absolute atomic E-state index is 0.0969. The van der Waals surface area contributed by atoms with E-state index in [4.69, 9.17) is 15.8 Å². The van der Waals surface area contributed by atoms with Gasteiger partial charge in [0.15, 0.2) is 5.56 Å². The lowest BCUT2D eigenvalue weighted by molar-refractivity contribution is 0.292. The van der Waals surface area contributed by atoms with E-state index in [1.54, 1.807) is 36.4 Å². The summed E-state index contributed by atoms with van der Waals surface area (Å²) in [5, 5.41) is 0. The molecule has 0 spiro atoms. The predicted octanol–water partition coefficient (Wildman–Crippen LogP) is 3.64. The maximum absolute atomic E-state index is 12.0. The van der Waals surface area contributed by atoms with E-state index in [0.29, 0.717) is 5.56 Å². The van der Waals surface area contributed by atoms with Crippen molar-refractivity contribution >= 4 is 21.7 Å². The van der Waals surface area contributed by atoms with Gasteiger partial charge in [0.1, 0.15) is 0 Å². The summed E-state index contributed by atoms with van der Waals surface area (Å²) in [5.41, 5.74) is 0.539. The van der Waals surface area contributed by atoms with Gasteiger partial charge in [-0.2, -0.15) is 8.42 Å². The number of aryl methyl sites for hydroxylation is 1. The van der Waals surface area contributed by atoms with Crippen LogP contribution in [0.2, 0.25) is 0 Å². The predicted molar refractivity (Wildman–Crippen MR) is 74.5 cm³/mol. The monoisotopic (exact) mass is 296 g/mol. The third kappa shape index (κ3) is 3.56. The van der Waals surface area contributed by atoms with Gasteiger partial charge in [-0.25, -0.2) is 4.18 Å². The summed E-state index contributed by atoms with van der Waals surface area (Å²) in [5.74, 6) is 0. The largest absolute Gasteiger partial charge is 0.298 e. The van der Waals surface area contributed by atoms with E-state index in [1.165, 1.54) is 12.1 Å². The van der Waals surface area contributed by atoms with Crippen LogP contribution >= 0.6 is 11.6 Å². The molecule has 0 saturated carbocycles. The Kier molecular flexibility index (Phi) is 4.24. The zero-order valence-electron chi connectivity index (χ0n) is 10.3. The van der Waals surface area contributed by atoms with Gasteiger partial charge in [-0.15, -0.1) is 0 Å². The Hall–Kier alpha value is -1.36. The summed E-state index contributed by atoms with van der Waals surface area (Å²) in [7, 11) is -3.86. The molecule has 1 atom stereocenters. The van der Waals surface area contributed by atoms with Crippen molar-refractivity contribution in [2.24, 2.45) is 0 Å². The molecule has 0 N–H and O–H groups in total. The zero-order valence-corrected chi connectivity index (χ0v) is 11.9. The van der Waals surface area contributed by atoms with Gasteiger partial charge in [-0.3, -0.25) is 0 Å². The van der Waals surface area contributed by atoms with Crippen molar-refractivity contribution in [2.45, 2.75) is 17.4 Å². The maximum atomic E-state index is 12.0. The molecule has 0 aliphatic heterocycles. The molecule has 0 bridgehead atoms. The number of rotatable bonds is 4. The molecule has 0 heterocycles. The summed E-state index contributed by atoms with van der Waals surface area (Å²) < 4.78 is 29.0. The van der Waals surface area contributed by atoms with Gasteiger partial charge in [-0.05, 0) is 24.6 Å². The van der Waals surface area contributed by atoms with Crippen molar-refractivity contribution in [1.82, 2.24) is 0 Å². The minimum Gasteiger partial charge on any atom is -0.242 e. The molecule has 0 aliphatic carbocycles. The van der Waals surface area contributed by atoms with Crippen LogP contribution in [0, 0.1) is 6.92 Å². The fourth-order valence-electron chi connectivity index (χ4n) is 1.53. The average molecular weight is 297 g/mol. The van der Waals surface area contributed by atoms with Crippen molar-refractivity contribution in [2.75, 3.05) is 0 Å². The molecule has 1 unspecified atom stereocenters. The SMILES string of the molecule is Cc1ccc(S(=O)(=O)OC(Cl)c2ccccc2)cc1. The van der Waals surface area contributed by atoms with Gasteiger partial charge in [0, 0.05) is 0 Å². The minimum atomic E-state index is -3.86. The second-order valence-electron chi connectivity index (χ2n) is 4.09. The Morgan fingerprint density at radius 3 is 2.16 bits per heavy atom. The van der Waals surface area contributed by atoms with Crippen LogP contribution in [0.15, 0.2) is 59.5 Å². The Morgan fingerprint density at radius 2 is 1.58 bits per heavy atom. The first kappa shape index (κ1) is 14.1. The Labute approximate surface area is 117 Å². The van der Waals surface area contributed by atoms with Crippen LogP contribution < -0.4 is 0 Å². The first-order valence-electron chi connectivity index (χ1n) is 5.68. The van der Waals surface area contributed by atoms with Gasteiger partial charge < -0.3 is 0 Å². The number of hydrogen-bond donors (Lipinski definition) is 0. The second kappa shape index (κ2) is 5.74. The average Bonchev–Trinajstić information content (AvgIpc) is 2.40. The molecule has 100 valence electrons. The van der Waals surface area contributed by atoms with E-state index in [-0.39, 0.29) is 4.90 Å². The highest BCUT2D eigenvalue weighted by Crippen LogP contribution is 2.26. The molecule has 0 fully saturated rings. The topological polar surface area (TPSA) is 43.4 Å². The van der Waals surface area contributed by atoms with Crippen LogP contribution in [0.1, 0.15) is 16.7 Å². The van der Waals surface area contributed by atoms with Crippen molar-refractivity contribution in [3.8, 4) is 0 Å². The van der Waals surface area contributed by atoms with Crippen LogP contribution in [0.5, 0.6) is 0 Å². The number of halogens is 1. The fraction of sp³-hybridized carbons (Fsp3) is 0.143. The molecule has 0 saturated heterocycles. The third-order valence-electron chi connectivity index (χ3n) is 2.58. The smallest absolute Gasteiger partial charge is 0.242 e. The van der Waals surface area contributed by atoms with Crippen molar-refractivity contribution < 1.29 is 12.6 Å². The summed E-state index contributed by atoms with van der Waals surface area (Å²) in [4.78, 5) is 0.0969. The first-order chi connectivity index (χ1) is 8.99. The van der Waals surface area contributed by atoms with Crippen molar-refractivity contribution in [3.05, 3.63) is 65.7 Å². The standard InChI is InChI=1S/C14H13ClO3S/c1-11-7-9-13(10-8-11)19(16,17)18-14(15)12-5-3-2-4-6-12/h2-10,14H,1H3. The molecule has 2 aromatic carbocycles. The van der Waals surface area contributed by atoms with Crippen LogP contribution in [0.25, 0.3) is 0 Å². The fourth-order valence-corrected chi connectivity index (χ4v) is 2.88. The van der Waals surface area contributed by atoms with Crippen LogP contribution in [-0.2, 0) is 14.3 Å². The zero-order chi connectivity index (χ0) is 13.9. The quantitative estimate of drug-likeness (QED) is 0.639. The number of benzene rings is 2. The van der Waals surface area contributed by atoms with Crippen LogP contribution in [0.4, 0.5) is 0 Å². The van der Waals surface area contributed by atoms with Gasteiger partial charge in [0.25, 0.3) is 10.1 Å². The van der Waals surface area contributed by atoms with Crippen molar-refractivity contribution in [3.63, 3.8) is 0 Å². The highest BCUT2D eigenvalue weighted by molar-refractivity contribution is 7.86. The van der Waals surface area contributed by atoms with Crippen molar-refractivity contribution in [1.29, 1.82) is 0 Å². The van der Waals surface area contributed by atoms with E-state index in [2.05, 4.69) is 0 Å². The Balaban J connectivity index is 2.20. The summed E-state index contributed by atoms with van der Waals surface area (Å²) in [6.07, 6.45) is 0. The Bertz CT molecular complexity index is 636. The lowest BCUT2D eigenvalue weighted by atomic mass is 10.2. The number of hydrogen-bond acceptors (Lipinski definition) is 3. The molecule has 0 aliphatic rings. The molecule has 0 amide bonds. The van der Waals surface area contributed by atoms with Crippen LogP contribution in [0.3, 0.4) is 0 Å². The van der Waals surface area contributed by atoms with E-state index in [9.17, 15) is 8.42 Å². The first-order valence-corrected chi connectivity index (χ1v) is 7.52. The molecule has 0 radical (unpaired) electrons. The van der Waals surface area contributed by atoms with E-state index in [1.807, 2.05) is 13.0 Å². The normalized spacial score (nSPS) is 13.2. The highest BCUT2D eigenvalue weighted by atomic mass is 35.5. The lowest BCUT2D eigenvalue weighted by Crippen LogP contribution is -2.08. The summed E-state index contributed by atoms with van der Waals surface area (Å²) in [6.45, 7) is 1.88. The molecule has 2 rings (SSSR count). The molecular weight excluding hydrogens is 284 g/mol.